The largest absolute Gasteiger partial charge is 0.404 e. The molecule has 0 fully saturated rings. The van der Waals surface area contributed by atoms with Crippen LogP contribution in [0.3, 0.4) is 0 Å². The Morgan fingerprint density at radius 3 is 2.58 bits per heavy atom. The van der Waals surface area contributed by atoms with E-state index in [2.05, 4.69) is 43.6 Å². The summed E-state index contributed by atoms with van der Waals surface area (Å²) in [5, 5.41) is 14.4. The molecule has 0 radical (unpaired) electrons. The van der Waals surface area contributed by atoms with Crippen molar-refractivity contribution in [2.24, 2.45) is 0 Å². The van der Waals surface area contributed by atoms with E-state index in [1.54, 1.807) is 12.1 Å². The fraction of sp³-hybridized carbons (Fsp3) is 0.0909. The number of nitro groups is 1. The molecule has 19 heavy (non-hydrogen) atoms. The summed E-state index contributed by atoms with van der Waals surface area (Å²) in [5.41, 5.74) is 0.551. The molecule has 0 saturated carbocycles. The van der Waals surface area contributed by atoms with E-state index in [0.717, 1.165) is 3.57 Å². The number of benzene rings is 1. The second-order valence-corrected chi connectivity index (χ2v) is 5.79. The van der Waals surface area contributed by atoms with Gasteiger partial charge < -0.3 is 10.1 Å². The van der Waals surface area contributed by atoms with Crippen molar-refractivity contribution in [1.29, 1.82) is 0 Å². The minimum Gasteiger partial charge on any atom is -0.358 e. The van der Waals surface area contributed by atoms with Crippen molar-refractivity contribution in [1.82, 2.24) is 9.78 Å². The second-order valence-electron chi connectivity index (χ2n) is 3.69. The van der Waals surface area contributed by atoms with Gasteiger partial charge in [-0.25, -0.2) is 0 Å². The van der Waals surface area contributed by atoms with E-state index < -0.39 is 4.92 Å². The molecular weight excluding hydrogens is 429 g/mol. The van der Waals surface area contributed by atoms with Crippen molar-refractivity contribution in [2.45, 2.75) is 6.54 Å². The molecule has 0 unspecified atom stereocenters. The quantitative estimate of drug-likeness (QED) is 0.320. The van der Waals surface area contributed by atoms with E-state index in [0.29, 0.717) is 5.56 Å². The lowest BCUT2D eigenvalue weighted by Crippen LogP contribution is -2.11. The number of carbonyl (C=O) groups excluding carboxylic acids is 1. The summed E-state index contributed by atoms with van der Waals surface area (Å²) < 4.78 is 2.54. The number of aromatic nitrogens is 2. The van der Waals surface area contributed by atoms with Crippen LogP contribution < -0.4 is 0 Å². The zero-order valence-corrected chi connectivity index (χ0v) is 13.2. The Hall–Kier alpha value is -1.29. The Labute approximate surface area is 130 Å². The van der Waals surface area contributed by atoms with E-state index in [1.807, 2.05) is 12.1 Å². The molecule has 0 bridgehead atoms. The zero-order chi connectivity index (χ0) is 14.0. The average Bonchev–Trinajstić information content (AvgIpc) is 2.71. The molecule has 6 nitrogen and oxygen atoms in total. The summed E-state index contributed by atoms with van der Waals surface area (Å²) in [5.74, 6) is -0.447. The number of ketones is 1. The summed E-state index contributed by atoms with van der Waals surface area (Å²) >= 11 is 5.18. The first-order valence-corrected chi connectivity index (χ1v) is 7.00. The number of nitrogens with zero attached hydrogens (tertiary/aromatic N) is 3. The molecule has 2 aromatic rings. The van der Waals surface area contributed by atoms with Gasteiger partial charge in [-0.2, -0.15) is 4.68 Å². The Balaban J connectivity index is 2.17. The lowest BCUT2D eigenvalue weighted by atomic mass is 10.1. The van der Waals surface area contributed by atoms with Gasteiger partial charge in [-0.3, -0.25) is 4.79 Å². The summed E-state index contributed by atoms with van der Waals surface area (Å²) in [6.45, 7) is -0.0347. The summed E-state index contributed by atoms with van der Waals surface area (Å²) in [7, 11) is 0. The minimum absolute atomic E-state index is 0.0347. The lowest BCUT2D eigenvalue weighted by molar-refractivity contribution is -0.390. The number of rotatable bonds is 4. The standard InChI is InChI=1S/C11H7BrIN3O3/c12-9-5-15(14-11(9)16(18)19)6-10(17)7-1-3-8(13)4-2-7/h1-5H,6H2. The molecule has 8 heteroatoms. The van der Waals surface area contributed by atoms with Gasteiger partial charge in [0.15, 0.2) is 5.78 Å². The predicted octanol–water partition coefficient (Wildman–Crippen LogP) is 3.04. The summed E-state index contributed by atoms with van der Waals surface area (Å²) in [6.07, 6.45) is 1.42. The maximum atomic E-state index is 12.0. The second kappa shape index (κ2) is 5.78. The highest BCUT2D eigenvalue weighted by Gasteiger charge is 2.20. The van der Waals surface area contributed by atoms with Crippen LogP contribution in [0.25, 0.3) is 0 Å². The van der Waals surface area contributed by atoms with Crippen LogP contribution >= 0.6 is 38.5 Å². The summed E-state index contributed by atoms with van der Waals surface area (Å²) in [6, 6.07) is 7.10. The Morgan fingerprint density at radius 1 is 1.42 bits per heavy atom. The van der Waals surface area contributed by atoms with Gasteiger partial charge in [-0.05, 0) is 55.6 Å². The van der Waals surface area contributed by atoms with Crippen molar-refractivity contribution in [3.8, 4) is 0 Å². The SMILES string of the molecule is O=C(Cn1cc(Br)c([N+](=O)[O-])n1)c1ccc(I)cc1. The molecule has 0 amide bonds. The smallest absolute Gasteiger partial charge is 0.358 e. The van der Waals surface area contributed by atoms with Gasteiger partial charge in [0, 0.05) is 9.13 Å². The molecule has 98 valence electrons. The van der Waals surface area contributed by atoms with Crippen LogP contribution in [0.5, 0.6) is 0 Å². The molecule has 0 spiro atoms. The van der Waals surface area contributed by atoms with Crippen LogP contribution in [0.2, 0.25) is 0 Å². The molecule has 0 saturated heterocycles. The van der Waals surface area contributed by atoms with Gasteiger partial charge in [0.1, 0.15) is 11.0 Å². The topological polar surface area (TPSA) is 78.0 Å². The van der Waals surface area contributed by atoms with Crippen molar-refractivity contribution < 1.29 is 9.72 Å². The third-order valence-electron chi connectivity index (χ3n) is 2.34. The number of Topliss-reactive ketones (excluding diaryl/α,β-unsaturated/α-hetero) is 1. The molecule has 1 heterocycles. The van der Waals surface area contributed by atoms with Crippen molar-refractivity contribution in [3.05, 3.63) is 54.2 Å². The fourth-order valence-electron chi connectivity index (χ4n) is 1.47. The molecule has 1 aromatic heterocycles. The third-order valence-corrected chi connectivity index (χ3v) is 3.62. The first-order chi connectivity index (χ1) is 8.97. The van der Waals surface area contributed by atoms with E-state index in [9.17, 15) is 14.9 Å². The maximum Gasteiger partial charge on any atom is 0.404 e. The van der Waals surface area contributed by atoms with Crippen LogP contribution in [-0.4, -0.2) is 20.5 Å². The fourth-order valence-corrected chi connectivity index (χ4v) is 2.29. The first kappa shape index (κ1) is 14.1. The first-order valence-electron chi connectivity index (χ1n) is 5.13. The molecule has 0 aliphatic rings. The predicted molar refractivity (Wildman–Crippen MR) is 80.1 cm³/mol. The van der Waals surface area contributed by atoms with Crippen LogP contribution in [-0.2, 0) is 6.54 Å². The van der Waals surface area contributed by atoms with E-state index in [4.69, 9.17) is 0 Å². The summed E-state index contributed by atoms with van der Waals surface area (Å²) in [4.78, 5) is 22.0. The minimum atomic E-state index is -0.601. The molecule has 0 aliphatic carbocycles. The average molecular weight is 436 g/mol. The van der Waals surface area contributed by atoms with Gasteiger partial charge in [0.25, 0.3) is 0 Å². The van der Waals surface area contributed by atoms with Crippen LogP contribution in [0.1, 0.15) is 10.4 Å². The van der Waals surface area contributed by atoms with Crippen LogP contribution in [0.4, 0.5) is 5.82 Å². The highest BCUT2D eigenvalue weighted by molar-refractivity contribution is 14.1. The Bertz CT molecular complexity index is 639. The van der Waals surface area contributed by atoms with E-state index >= 15 is 0 Å². The normalized spacial score (nSPS) is 10.4. The van der Waals surface area contributed by atoms with Crippen molar-refractivity contribution in [3.63, 3.8) is 0 Å². The van der Waals surface area contributed by atoms with Crippen molar-refractivity contribution >= 4 is 50.1 Å². The van der Waals surface area contributed by atoms with Crippen LogP contribution in [0.15, 0.2) is 34.9 Å². The molecule has 2 rings (SSSR count). The lowest BCUT2D eigenvalue weighted by Gasteiger charge is -1.99. The van der Waals surface area contributed by atoms with Gasteiger partial charge in [0.2, 0.25) is 0 Å². The number of hydrogen-bond acceptors (Lipinski definition) is 4. The Kier molecular flexibility index (Phi) is 4.30. The Morgan fingerprint density at radius 2 is 2.05 bits per heavy atom. The molecule has 1 aromatic carbocycles. The molecule has 0 N–H and O–H groups in total. The van der Waals surface area contributed by atoms with Crippen LogP contribution in [0, 0.1) is 13.7 Å². The van der Waals surface area contributed by atoms with Gasteiger partial charge in [-0.15, -0.1) is 0 Å². The highest BCUT2D eigenvalue weighted by atomic mass is 127. The maximum absolute atomic E-state index is 12.0. The zero-order valence-electron chi connectivity index (χ0n) is 9.42. The monoisotopic (exact) mass is 435 g/mol. The number of carbonyl (C=O) groups is 1. The van der Waals surface area contributed by atoms with Gasteiger partial charge in [-0.1, -0.05) is 12.1 Å². The molecular formula is C11H7BrIN3O3. The van der Waals surface area contributed by atoms with Gasteiger partial charge in [0.05, 0.1) is 11.3 Å². The highest BCUT2D eigenvalue weighted by Crippen LogP contribution is 2.22. The third kappa shape index (κ3) is 3.38. The van der Waals surface area contributed by atoms with Crippen molar-refractivity contribution in [2.75, 3.05) is 0 Å². The molecule has 0 aliphatic heterocycles. The number of hydrogen-bond donors (Lipinski definition) is 0. The van der Waals surface area contributed by atoms with Gasteiger partial charge >= 0.3 is 5.82 Å². The number of halogens is 2. The van der Waals surface area contributed by atoms with E-state index in [-0.39, 0.29) is 22.6 Å². The molecule has 0 atom stereocenters. The van der Waals surface area contributed by atoms with E-state index in [1.165, 1.54) is 10.9 Å².